The molecule has 3 N–H and O–H groups in total. The summed E-state index contributed by atoms with van der Waals surface area (Å²) in [6.45, 7) is 1.71. The third-order valence-electron chi connectivity index (χ3n) is 6.15. The van der Waals surface area contributed by atoms with Gasteiger partial charge in [0.05, 0.1) is 25.2 Å². The molecule has 1 saturated heterocycles. The van der Waals surface area contributed by atoms with E-state index in [9.17, 15) is 14.7 Å². The molecular formula is C25H30N2O6. The van der Waals surface area contributed by atoms with Crippen molar-refractivity contribution in [3.8, 4) is 5.75 Å². The van der Waals surface area contributed by atoms with Crippen molar-refractivity contribution in [2.75, 3.05) is 25.6 Å². The molecule has 0 unspecified atom stereocenters. The number of fused-ring (bicyclic) bond motifs is 3. The standard InChI is InChI=1S/C25H30N2O6/c1-15(16-6-4-3-5-7-16)26-23(29)12-18-11-20-19-10-17(27-24(30)14-31-2)8-9-21(19)33-25(20)22(13-28)32-18/h3-10,15,18,20,22,25,28H,11-14H2,1-2H3,(H,26,29)(H,27,30)/t15-,18-,20+,22-,25-/m0/s1. The highest BCUT2D eigenvalue weighted by Crippen LogP contribution is 2.47. The van der Waals surface area contributed by atoms with Gasteiger partial charge in [0, 0.05) is 24.3 Å². The van der Waals surface area contributed by atoms with Crippen molar-refractivity contribution in [1.29, 1.82) is 0 Å². The number of aliphatic hydroxyl groups excluding tert-OH is 1. The molecular weight excluding hydrogens is 424 g/mol. The Labute approximate surface area is 193 Å². The second-order valence-corrected chi connectivity index (χ2v) is 8.54. The summed E-state index contributed by atoms with van der Waals surface area (Å²) < 4.78 is 17.0. The van der Waals surface area contributed by atoms with Crippen molar-refractivity contribution in [1.82, 2.24) is 5.32 Å². The SMILES string of the molecule is COCC(=O)Nc1ccc2c(c1)[C@H]1C[C@@H](CC(=O)N[C@@H](C)c3ccccc3)O[C@@H](CO)[C@H]1O2. The van der Waals surface area contributed by atoms with Crippen molar-refractivity contribution in [2.45, 2.75) is 50.0 Å². The second-order valence-electron chi connectivity index (χ2n) is 8.54. The molecule has 33 heavy (non-hydrogen) atoms. The van der Waals surface area contributed by atoms with Crippen LogP contribution in [0.15, 0.2) is 48.5 Å². The smallest absolute Gasteiger partial charge is 0.250 e. The average Bonchev–Trinajstić information content (AvgIpc) is 3.17. The van der Waals surface area contributed by atoms with Crippen LogP contribution in [-0.4, -0.2) is 55.6 Å². The minimum atomic E-state index is -0.535. The lowest BCUT2D eigenvalue weighted by molar-refractivity contribution is -0.142. The van der Waals surface area contributed by atoms with E-state index in [2.05, 4.69) is 10.6 Å². The predicted octanol–water partition coefficient (Wildman–Crippen LogP) is 2.53. The van der Waals surface area contributed by atoms with Crippen molar-refractivity contribution in [3.05, 3.63) is 59.7 Å². The van der Waals surface area contributed by atoms with Crippen LogP contribution < -0.4 is 15.4 Å². The van der Waals surface area contributed by atoms with Gasteiger partial charge in [0.15, 0.2) is 0 Å². The molecule has 2 heterocycles. The Morgan fingerprint density at radius 2 is 1.97 bits per heavy atom. The molecule has 4 rings (SSSR count). The number of carbonyl (C=O) groups is 2. The van der Waals surface area contributed by atoms with E-state index in [0.717, 1.165) is 11.1 Å². The number of hydrogen-bond acceptors (Lipinski definition) is 6. The Kier molecular flexibility index (Phi) is 7.27. The Morgan fingerprint density at radius 3 is 2.70 bits per heavy atom. The zero-order valence-corrected chi connectivity index (χ0v) is 18.8. The summed E-state index contributed by atoms with van der Waals surface area (Å²) in [5, 5.41) is 15.8. The first-order valence-electron chi connectivity index (χ1n) is 11.2. The topological polar surface area (TPSA) is 106 Å². The summed E-state index contributed by atoms with van der Waals surface area (Å²) in [5.41, 5.74) is 2.63. The Hall–Kier alpha value is -2.94. The van der Waals surface area contributed by atoms with Crippen LogP contribution in [0, 0.1) is 0 Å². The highest BCUT2D eigenvalue weighted by Gasteiger charge is 2.46. The number of benzene rings is 2. The van der Waals surface area contributed by atoms with Crippen LogP contribution in [0.25, 0.3) is 0 Å². The maximum atomic E-state index is 12.7. The first-order valence-corrected chi connectivity index (χ1v) is 11.2. The van der Waals surface area contributed by atoms with Crippen LogP contribution in [0.3, 0.4) is 0 Å². The predicted molar refractivity (Wildman–Crippen MR) is 122 cm³/mol. The monoisotopic (exact) mass is 454 g/mol. The van der Waals surface area contributed by atoms with Gasteiger partial charge in [0.1, 0.15) is 24.6 Å². The summed E-state index contributed by atoms with van der Waals surface area (Å²) in [4.78, 5) is 24.6. The van der Waals surface area contributed by atoms with Crippen LogP contribution in [0.2, 0.25) is 0 Å². The third-order valence-corrected chi connectivity index (χ3v) is 6.15. The van der Waals surface area contributed by atoms with Gasteiger partial charge < -0.3 is 30.0 Å². The zero-order valence-electron chi connectivity index (χ0n) is 18.8. The minimum absolute atomic E-state index is 0.0291. The molecule has 2 aromatic carbocycles. The first-order chi connectivity index (χ1) is 16.0. The minimum Gasteiger partial charge on any atom is -0.487 e. The van der Waals surface area contributed by atoms with E-state index in [0.29, 0.717) is 17.9 Å². The van der Waals surface area contributed by atoms with Gasteiger partial charge >= 0.3 is 0 Å². The molecule has 0 saturated carbocycles. The normalized spacial score (nSPS) is 24.2. The Balaban J connectivity index is 1.44. The molecule has 8 nitrogen and oxygen atoms in total. The number of carbonyl (C=O) groups excluding carboxylic acids is 2. The molecule has 0 bridgehead atoms. The summed E-state index contributed by atoms with van der Waals surface area (Å²) in [5.74, 6) is 0.315. The number of ether oxygens (including phenoxy) is 3. The molecule has 0 spiro atoms. The molecule has 0 aromatic heterocycles. The van der Waals surface area contributed by atoms with Gasteiger partial charge in [-0.3, -0.25) is 9.59 Å². The van der Waals surface area contributed by atoms with Crippen LogP contribution in [-0.2, 0) is 19.1 Å². The van der Waals surface area contributed by atoms with Gasteiger partial charge in [-0.25, -0.2) is 0 Å². The fourth-order valence-electron chi connectivity index (χ4n) is 4.63. The Bertz CT molecular complexity index is 982. The zero-order chi connectivity index (χ0) is 23.4. The molecule has 0 aliphatic carbocycles. The van der Waals surface area contributed by atoms with Crippen LogP contribution in [0.4, 0.5) is 5.69 Å². The van der Waals surface area contributed by atoms with E-state index in [1.165, 1.54) is 7.11 Å². The lowest BCUT2D eigenvalue weighted by atomic mass is 9.84. The molecule has 0 radical (unpaired) electrons. The number of nitrogens with one attached hydrogen (secondary N) is 2. The van der Waals surface area contributed by atoms with Gasteiger partial charge in [-0.15, -0.1) is 0 Å². The number of hydrogen-bond donors (Lipinski definition) is 3. The molecule has 2 amide bonds. The van der Waals surface area contributed by atoms with E-state index in [-0.39, 0.29) is 55.6 Å². The Morgan fingerprint density at radius 1 is 1.18 bits per heavy atom. The number of amides is 2. The van der Waals surface area contributed by atoms with Gasteiger partial charge in [-0.2, -0.15) is 0 Å². The number of methoxy groups -OCH3 is 1. The van der Waals surface area contributed by atoms with Gasteiger partial charge in [-0.05, 0) is 37.1 Å². The summed E-state index contributed by atoms with van der Waals surface area (Å²) in [7, 11) is 1.47. The second kappa shape index (κ2) is 10.3. The summed E-state index contributed by atoms with van der Waals surface area (Å²) in [6, 6.07) is 15.1. The van der Waals surface area contributed by atoms with Crippen LogP contribution in [0.5, 0.6) is 5.75 Å². The lowest BCUT2D eigenvalue weighted by Crippen LogP contribution is -2.47. The fourth-order valence-corrected chi connectivity index (χ4v) is 4.63. The maximum absolute atomic E-state index is 12.7. The number of aliphatic hydroxyl groups is 1. The third kappa shape index (κ3) is 5.35. The number of anilines is 1. The largest absolute Gasteiger partial charge is 0.487 e. The van der Waals surface area contributed by atoms with Gasteiger partial charge in [-0.1, -0.05) is 30.3 Å². The van der Waals surface area contributed by atoms with E-state index in [1.54, 1.807) is 6.07 Å². The van der Waals surface area contributed by atoms with Gasteiger partial charge in [0.2, 0.25) is 11.8 Å². The molecule has 176 valence electrons. The van der Waals surface area contributed by atoms with Gasteiger partial charge in [0.25, 0.3) is 0 Å². The number of rotatable bonds is 8. The van der Waals surface area contributed by atoms with Crippen LogP contribution >= 0.6 is 0 Å². The van der Waals surface area contributed by atoms with E-state index in [4.69, 9.17) is 14.2 Å². The van der Waals surface area contributed by atoms with E-state index >= 15 is 0 Å². The van der Waals surface area contributed by atoms with E-state index < -0.39 is 6.10 Å². The molecule has 2 aromatic rings. The molecule has 2 aliphatic heterocycles. The van der Waals surface area contributed by atoms with E-state index in [1.807, 2.05) is 49.4 Å². The molecule has 1 fully saturated rings. The molecule has 8 heteroatoms. The highest BCUT2D eigenvalue weighted by atomic mass is 16.6. The van der Waals surface area contributed by atoms with Crippen molar-refractivity contribution in [2.24, 2.45) is 0 Å². The quantitative estimate of drug-likeness (QED) is 0.566. The van der Waals surface area contributed by atoms with Crippen LogP contribution in [0.1, 0.15) is 42.9 Å². The summed E-state index contributed by atoms with van der Waals surface area (Å²) in [6.07, 6.45) is -0.454. The van der Waals surface area contributed by atoms with Crippen molar-refractivity contribution < 1.29 is 28.9 Å². The maximum Gasteiger partial charge on any atom is 0.250 e. The fraction of sp³-hybridized carbons (Fsp3) is 0.440. The molecule has 5 atom stereocenters. The average molecular weight is 455 g/mol. The molecule has 2 aliphatic rings. The summed E-state index contributed by atoms with van der Waals surface area (Å²) >= 11 is 0. The highest BCUT2D eigenvalue weighted by molar-refractivity contribution is 5.92. The first kappa shape index (κ1) is 23.2. The van der Waals surface area contributed by atoms with Crippen molar-refractivity contribution in [3.63, 3.8) is 0 Å². The van der Waals surface area contributed by atoms with Crippen molar-refractivity contribution >= 4 is 17.5 Å². The lowest BCUT2D eigenvalue weighted by Gasteiger charge is -2.37.